The minimum atomic E-state index is 0.748. The summed E-state index contributed by atoms with van der Waals surface area (Å²) < 4.78 is 2.11. The highest BCUT2D eigenvalue weighted by atomic mass is 35.5. The van der Waals surface area contributed by atoms with Gasteiger partial charge in [0.1, 0.15) is 6.54 Å². The van der Waals surface area contributed by atoms with Crippen LogP contribution in [-0.2, 0) is 6.54 Å². The van der Waals surface area contributed by atoms with Crippen LogP contribution in [0.1, 0.15) is 0 Å². The topological polar surface area (TPSA) is 28.8 Å². The summed E-state index contributed by atoms with van der Waals surface area (Å²) in [7, 11) is 0. The monoisotopic (exact) mass is 232 g/mol. The smallest absolute Gasteiger partial charge is 0.271 e. The van der Waals surface area contributed by atoms with E-state index in [4.69, 9.17) is 11.6 Å². The van der Waals surface area contributed by atoms with Gasteiger partial charge in [-0.15, -0.1) is 0 Å². The van der Waals surface area contributed by atoms with Crippen molar-refractivity contribution in [3.05, 3.63) is 41.6 Å². The number of nitrogens with one attached hydrogen (secondary N) is 1. The number of hydrogen-bond donors (Lipinski definition) is 1. The molecule has 1 N–H and O–H groups in total. The van der Waals surface area contributed by atoms with Gasteiger partial charge in [-0.05, 0) is 24.3 Å². The van der Waals surface area contributed by atoms with E-state index in [2.05, 4.69) is 21.1 Å². The molecule has 0 unspecified atom stereocenters. The van der Waals surface area contributed by atoms with Crippen LogP contribution in [0.2, 0.25) is 5.02 Å². The van der Waals surface area contributed by atoms with Gasteiger partial charge in [-0.2, -0.15) is 0 Å². The Kier molecular flexibility index (Phi) is 2.26. The maximum atomic E-state index is 5.86. The van der Waals surface area contributed by atoms with Crippen LogP contribution in [0.3, 0.4) is 0 Å². The van der Waals surface area contributed by atoms with E-state index in [1.54, 1.807) is 0 Å². The molecular weight excluding hydrogens is 222 g/mol. The molecule has 1 aromatic carbocycles. The predicted octanol–water partition coefficient (Wildman–Crippen LogP) is 2.11. The van der Waals surface area contributed by atoms with E-state index in [0.29, 0.717) is 0 Å². The summed E-state index contributed by atoms with van der Waals surface area (Å²) >= 11 is 5.86. The first-order chi connectivity index (χ1) is 7.83. The Hall–Kier alpha value is -1.61. The Morgan fingerprint density at radius 1 is 1.19 bits per heavy atom. The molecule has 0 aliphatic carbocycles. The summed E-state index contributed by atoms with van der Waals surface area (Å²) in [6, 6.07) is 9.76. The quantitative estimate of drug-likeness (QED) is 0.763. The highest BCUT2D eigenvalue weighted by molar-refractivity contribution is 6.30. The minimum absolute atomic E-state index is 0.748. The molecule has 0 radical (unpaired) electrons. The van der Waals surface area contributed by atoms with Crippen molar-refractivity contribution in [3.63, 3.8) is 0 Å². The van der Waals surface area contributed by atoms with Crippen molar-refractivity contribution in [2.75, 3.05) is 11.9 Å². The first kappa shape index (κ1) is 9.60. The van der Waals surface area contributed by atoms with E-state index >= 15 is 0 Å². The van der Waals surface area contributed by atoms with Crippen molar-refractivity contribution in [1.29, 1.82) is 0 Å². The number of fused-ring (bicyclic) bond motifs is 1. The van der Waals surface area contributed by atoms with E-state index in [9.17, 15) is 0 Å². The zero-order chi connectivity index (χ0) is 11.0. The van der Waals surface area contributed by atoms with Gasteiger partial charge in [0, 0.05) is 16.7 Å². The third-order valence-electron chi connectivity index (χ3n) is 2.69. The lowest BCUT2D eigenvalue weighted by atomic mass is 10.1. The van der Waals surface area contributed by atoms with Gasteiger partial charge in [0.15, 0.2) is 5.69 Å². The summed E-state index contributed by atoms with van der Waals surface area (Å²) in [6.45, 7) is 1.94. The van der Waals surface area contributed by atoms with Crippen molar-refractivity contribution in [2.45, 2.75) is 6.54 Å². The summed E-state index contributed by atoms with van der Waals surface area (Å²) in [5, 5.41) is 4.00. The lowest BCUT2D eigenvalue weighted by molar-refractivity contribution is -0.672. The maximum Gasteiger partial charge on any atom is 0.392 e. The van der Waals surface area contributed by atoms with Crippen molar-refractivity contribution in [1.82, 2.24) is 4.98 Å². The van der Waals surface area contributed by atoms with Crippen molar-refractivity contribution < 1.29 is 4.57 Å². The highest BCUT2D eigenvalue weighted by Crippen LogP contribution is 2.20. The van der Waals surface area contributed by atoms with Crippen LogP contribution in [0, 0.1) is 0 Å². The molecule has 0 saturated heterocycles. The number of rotatable bonds is 1. The van der Waals surface area contributed by atoms with Crippen molar-refractivity contribution in [2.24, 2.45) is 0 Å². The molecule has 0 spiro atoms. The van der Waals surface area contributed by atoms with E-state index < -0.39 is 0 Å². The minimum Gasteiger partial charge on any atom is -0.271 e. The first-order valence-corrected chi connectivity index (χ1v) is 5.61. The number of halogens is 1. The molecule has 0 atom stereocenters. The zero-order valence-corrected chi connectivity index (χ0v) is 9.41. The molecule has 3 nitrogen and oxygen atoms in total. The van der Waals surface area contributed by atoms with Crippen LogP contribution in [0.25, 0.3) is 11.3 Å². The van der Waals surface area contributed by atoms with Gasteiger partial charge in [-0.25, -0.2) is 4.57 Å². The van der Waals surface area contributed by atoms with Gasteiger partial charge < -0.3 is 0 Å². The molecule has 0 amide bonds. The molecule has 16 heavy (non-hydrogen) atoms. The van der Waals surface area contributed by atoms with Crippen molar-refractivity contribution in [3.8, 4) is 11.3 Å². The number of benzene rings is 1. The fourth-order valence-corrected chi connectivity index (χ4v) is 1.96. The molecule has 1 aromatic heterocycles. The van der Waals surface area contributed by atoms with Gasteiger partial charge in [0.05, 0.1) is 12.7 Å². The van der Waals surface area contributed by atoms with Crippen LogP contribution in [-0.4, -0.2) is 11.5 Å². The number of aromatic nitrogens is 2. The number of anilines is 1. The molecule has 4 heteroatoms. The van der Waals surface area contributed by atoms with Crippen LogP contribution < -0.4 is 9.88 Å². The second-order valence-electron chi connectivity index (χ2n) is 3.76. The lowest BCUT2D eigenvalue weighted by Gasteiger charge is -1.99. The predicted molar refractivity (Wildman–Crippen MR) is 63.4 cm³/mol. The van der Waals surface area contributed by atoms with Gasteiger partial charge >= 0.3 is 5.95 Å². The Morgan fingerprint density at radius 3 is 2.81 bits per heavy atom. The summed E-state index contributed by atoms with van der Waals surface area (Å²) in [4.78, 5) is 4.56. The molecule has 0 fully saturated rings. The number of hydrogen-bond acceptors (Lipinski definition) is 2. The SMILES string of the molecule is Clc1ccc(-c2cc[n+]3c(n2)NCC3)cc1. The normalized spacial score (nSPS) is 13.3. The summed E-state index contributed by atoms with van der Waals surface area (Å²) in [6.07, 6.45) is 2.06. The van der Waals surface area contributed by atoms with E-state index in [1.807, 2.05) is 30.3 Å². The van der Waals surface area contributed by atoms with Crippen LogP contribution in [0.4, 0.5) is 5.95 Å². The Balaban J connectivity index is 2.03. The van der Waals surface area contributed by atoms with Crippen LogP contribution in [0.15, 0.2) is 36.5 Å². The number of nitrogens with zero attached hydrogens (tertiary/aromatic N) is 2. The van der Waals surface area contributed by atoms with Gasteiger partial charge in [0.25, 0.3) is 0 Å². The highest BCUT2D eigenvalue weighted by Gasteiger charge is 2.19. The summed E-state index contributed by atoms with van der Waals surface area (Å²) in [5.74, 6) is 0.937. The van der Waals surface area contributed by atoms with E-state index in [1.165, 1.54) is 0 Å². The lowest BCUT2D eigenvalue weighted by Crippen LogP contribution is -2.30. The van der Waals surface area contributed by atoms with Gasteiger partial charge in [0.2, 0.25) is 0 Å². The van der Waals surface area contributed by atoms with E-state index in [0.717, 1.165) is 35.3 Å². The third-order valence-corrected chi connectivity index (χ3v) is 2.94. The van der Waals surface area contributed by atoms with Gasteiger partial charge in [-0.1, -0.05) is 16.6 Å². The largest absolute Gasteiger partial charge is 0.392 e. The molecule has 0 bridgehead atoms. The molecule has 2 aromatic rings. The molecule has 80 valence electrons. The zero-order valence-electron chi connectivity index (χ0n) is 8.65. The standard InChI is InChI=1S/C12H10ClN3/c13-10-3-1-9(2-4-10)11-5-7-16-8-6-14-12(16)15-11/h1-5,7H,6,8H2/p+1. The Morgan fingerprint density at radius 2 is 2.00 bits per heavy atom. The second-order valence-corrected chi connectivity index (χ2v) is 4.20. The van der Waals surface area contributed by atoms with Crippen LogP contribution in [0.5, 0.6) is 0 Å². The Bertz CT molecular complexity index is 522. The Labute approximate surface area is 98.7 Å². The molecule has 1 aliphatic heterocycles. The van der Waals surface area contributed by atoms with E-state index in [-0.39, 0.29) is 0 Å². The molecule has 0 saturated carbocycles. The fraction of sp³-hybridized carbons (Fsp3) is 0.167. The maximum absolute atomic E-state index is 5.86. The van der Waals surface area contributed by atoms with Gasteiger partial charge in [-0.3, -0.25) is 5.32 Å². The molecule has 2 heterocycles. The third kappa shape index (κ3) is 1.63. The molecular formula is C12H11ClN3+. The molecule has 3 rings (SSSR count). The average Bonchev–Trinajstić information content (AvgIpc) is 2.77. The van der Waals surface area contributed by atoms with Crippen molar-refractivity contribution >= 4 is 17.5 Å². The summed E-state index contributed by atoms with van der Waals surface area (Å²) in [5.41, 5.74) is 2.05. The molecule has 1 aliphatic rings. The average molecular weight is 233 g/mol. The van der Waals surface area contributed by atoms with Crippen LogP contribution >= 0.6 is 11.6 Å². The fourth-order valence-electron chi connectivity index (χ4n) is 1.84. The second kappa shape index (κ2) is 3.76. The first-order valence-electron chi connectivity index (χ1n) is 5.23.